The Morgan fingerprint density at radius 1 is 1.30 bits per heavy atom. The number of halogens is 2. The van der Waals surface area contributed by atoms with E-state index in [2.05, 4.69) is 31.1 Å². The number of rotatable bonds is 4. The van der Waals surface area contributed by atoms with Gasteiger partial charge in [0.05, 0.1) is 16.4 Å². The fourth-order valence-electron chi connectivity index (χ4n) is 1.48. The van der Waals surface area contributed by atoms with Crippen molar-refractivity contribution in [1.29, 1.82) is 0 Å². The van der Waals surface area contributed by atoms with Gasteiger partial charge in [-0.05, 0) is 40.2 Å². The first-order valence-electron chi connectivity index (χ1n) is 5.32. The summed E-state index contributed by atoms with van der Waals surface area (Å²) in [4.78, 5) is 3.74. The van der Waals surface area contributed by atoms with E-state index in [1.807, 2.05) is 0 Å². The summed E-state index contributed by atoms with van der Waals surface area (Å²) in [6.07, 6.45) is 2.65. The van der Waals surface area contributed by atoms with E-state index in [0.29, 0.717) is 15.2 Å². The standard InChI is InChI=1S/C11H10BrClN4O2S/c12-8-5-7(1-2-9(8)13)17-20(18,19)11-6-15-4-3-10(11)16-14/h1-6,17H,14H2,(H,15,16). The topological polar surface area (TPSA) is 97.1 Å². The highest BCUT2D eigenvalue weighted by Crippen LogP contribution is 2.28. The van der Waals surface area contributed by atoms with Crippen molar-refractivity contribution in [3.63, 3.8) is 0 Å². The molecular weight excluding hydrogens is 368 g/mol. The normalized spacial score (nSPS) is 11.2. The summed E-state index contributed by atoms with van der Waals surface area (Å²) in [6, 6.07) is 6.16. The first kappa shape index (κ1) is 15.0. The molecule has 2 aromatic rings. The van der Waals surface area contributed by atoms with Gasteiger partial charge in [0.2, 0.25) is 0 Å². The van der Waals surface area contributed by atoms with Gasteiger partial charge in [-0.15, -0.1) is 0 Å². The van der Waals surface area contributed by atoms with E-state index in [1.165, 1.54) is 18.5 Å². The lowest BCUT2D eigenvalue weighted by molar-refractivity contribution is 0.601. The smallest absolute Gasteiger partial charge is 0.265 e. The SMILES string of the molecule is NNc1ccncc1S(=O)(=O)Nc1ccc(Cl)c(Br)c1. The molecule has 106 valence electrons. The number of anilines is 2. The second-order valence-electron chi connectivity index (χ2n) is 3.75. The number of hydrogen-bond acceptors (Lipinski definition) is 5. The van der Waals surface area contributed by atoms with E-state index >= 15 is 0 Å². The lowest BCUT2D eigenvalue weighted by Gasteiger charge is -2.11. The number of benzene rings is 1. The molecule has 0 bridgehead atoms. The summed E-state index contributed by atoms with van der Waals surface area (Å²) in [6.45, 7) is 0. The minimum Gasteiger partial charge on any atom is -0.323 e. The first-order chi connectivity index (χ1) is 9.44. The van der Waals surface area contributed by atoms with Crippen LogP contribution < -0.4 is 16.0 Å². The van der Waals surface area contributed by atoms with Gasteiger partial charge in [0.25, 0.3) is 10.0 Å². The number of pyridine rings is 1. The third-order valence-corrected chi connectivity index (χ3v) is 5.02. The Morgan fingerprint density at radius 2 is 2.05 bits per heavy atom. The summed E-state index contributed by atoms with van der Waals surface area (Å²) in [5.41, 5.74) is 2.94. The summed E-state index contributed by atoms with van der Waals surface area (Å²) < 4.78 is 27.6. The van der Waals surface area contributed by atoms with Crippen LogP contribution in [0.1, 0.15) is 0 Å². The molecule has 0 atom stereocenters. The Balaban J connectivity index is 2.38. The van der Waals surface area contributed by atoms with Crippen molar-refractivity contribution in [2.24, 2.45) is 5.84 Å². The predicted molar refractivity (Wildman–Crippen MR) is 82.0 cm³/mol. The van der Waals surface area contributed by atoms with Crippen LogP contribution in [-0.4, -0.2) is 13.4 Å². The van der Waals surface area contributed by atoms with Crippen LogP contribution in [0, 0.1) is 0 Å². The number of nitrogen functional groups attached to an aromatic ring is 1. The van der Waals surface area contributed by atoms with Crippen LogP contribution in [0.25, 0.3) is 0 Å². The number of nitrogens with two attached hydrogens (primary N) is 1. The van der Waals surface area contributed by atoms with Crippen LogP contribution in [0.4, 0.5) is 11.4 Å². The Kier molecular flexibility index (Phi) is 4.48. The predicted octanol–water partition coefficient (Wildman–Crippen LogP) is 2.58. The lowest BCUT2D eigenvalue weighted by Crippen LogP contribution is -2.17. The Bertz CT molecular complexity index is 739. The van der Waals surface area contributed by atoms with Gasteiger partial charge in [0.1, 0.15) is 4.90 Å². The lowest BCUT2D eigenvalue weighted by atomic mass is 10.3. The van der Waals surface area contributed by atoms with Crippen LogP contribution >= 0.6 is 27.5 Å². The zero-order chi connectivity index (χ0) is 14.8. The van der Waals surface area contributed by atoms with Crippen LogP contribution in [-0.2, 0) is 10.0 Å². The van der Waals surface area contributed by atoms with Gasteiger partial charge in [0, 0.05) is 16.9 Å². The van der Waals surface area contributed by atoms with Gasteiger partial charge in [-0.1, -0.05) is 11.6 Å². The quantitative estimate of drug-likeness (QED) is 0.562. The average Bonchev–Trinajstić information content (AvgIpc) is 2.42. The monoisotopic (exact) mass is 376 g/mol. The van der Waals surface area contributed by atoms with Crippen molar-refractivity contribution >= 4 is 48.9 Å². The highest BCUT2D eigenvalue weighted by atomic mass is 79.9. The van der Waals surface area contributed by atoms with Crippen molar-refractivity contribution in [3.8, 4) is 0 Å². The molecule has 0 aliphatic heterocycles. The second kappa shape index (κ2) is 5.96. The maximum Gasteiger partial charge on any atom is 0.265 e. The largest absolute Gasteiger partial charge is 0.323 e. The molecule has 4 N–H and O–H groups in total. The molecule has 0 saturated heterocycles. The molecule has 0 saturated carbocycles. The van der Waals surface area contributed by atoms with Crippen molar-refractivity contribution in [2.45, 2.75) is 4.90 Å². The van der Waals surface area contributed by atoms with Crippen molar-refractivity contribution in [2.75, 3.05) is 10.1 Å². The molecule has 9 heteroatoms. The minimum atomic E-state index is -3.80. The zero-order valence-corrected chi connectivity index (χ0v) is 13.1. The molecule has 1 aromatic carbocycles. The Labute approximate surface area is 129 Å². The minimum absolute atomic E-state index is 0.0476. The van der Waals surface area contributed by atoms with Crippen molar-refractivity contribution in [1.82, 2.24) is 4.98 Å². The van der Waals surface area contributed by atoms with Gasteiger partial charge in [-0.2, -0.15) is 0 Å². The first-order valence-corrected chi connectivity index (χ1v) is 7.98. The number of hydrogen-bond donors (Lipinski definition) is 3. The average molecular weight is 378 g/mol. The molecule has 0 aliphatic carbocycles. The van der Waals surface area contributed by atoms with Gasteiger partial charge in [0.15, 0.2) is 0 Å². The second-order valence-corrected chi connectivity index (χ2v) is 6.66. The molecule has 1 aromatic heterocycles. The Hall–Kier alpha value is -1.35. The number of aromatic nitrogens is 1. The fraction of sp³-hybridized carbons (Fsp3) is 0. The molecule has 0 unspecified atom stereocenters. The third kappa shape index (κ3) is 3.21. The molecular formula is C11H10BrClN4O2S. The molecule has 2 rings (SSSR count). The molecule has 0 aliphatic rings. The van der Waals surface area contributed by atoms with Crippen LogP contribution in [0.3, 0.4) is 0 Å². The molecule has 0 fully saturated rings. The van der Waals surface area contributed by atoms with E-state index in [1.54, 1.807) is 18.2 Å². The van der Waals surface area contributed by atoms with Crippen molar-refractivity contribution < 1.29 is 8.42 Å². The van der Waals surface area contributed by atoms with E-state index in [-0.39, 0.29) is 10.6 Å². The number of hydrazine groups is 1. The van der Waals surface area contributed by atoms with Crippen LogP contribution in [0.2, 0.25) is 5.02 Å². The molecule has 0 spiro atoms. The Morgan fingerprint density at radius 3 is 2.70 bits per heavy atom. The zero-order valence-electron chi connectivity index (χ0n) is 9.97. The number of nitrogens with zero attached hydrogens (tertiary/aromatic N) is 1. The summed E-state index contributed by atoms with van der Waals surface area (Å²) in [5, 5.41) is 0.485. The fourth-order valence-corrected chi connectivity index (χ4v) is 3.14. The van der Waals surface area contributed by atoms with Gasteiger partial charge in [-0.25, -0.2) is 8.42 Å². The van der Waals surface area contributed by atoms with Crippen LogP contribution in [0.15, 0.2) is 46.0 Å². The molecule has 1 heterocycles. The number of nitrogens with one attached hydrogen (secondary N) is 2. The number of sulfonamides is 1. The van der Waals surface area contributed by atoms with Gasteiger partial charge < -0.3 is 5.43 Å². The van der Waals surface area contributed by atoms with Gasteiger partial charge >= 0.3 is 0 Å². The maximum atomic E-state index is 12.3. The molecule has 6 nitrogen and oxygen atoms in total. The highest BCUT2D eigenvalue weighted by molar-refractivity contribution is 9.10. The molecule has 20 heavy (non-hydrogen) atoms. The highest BCUT2D eigenvalue weighted by Gasteiger charge is 2.19. The molecule has 0 radical (unpaired) electrons. The van der Waals surface area contributed by atoms with E-state index in [0.717, 1.165) is 0 Å². The van der Waals surface area contributed by atoms with E-state index in [9.17, 15) is 8.42 Å². The van der Waals surface area contributed by atoms with Crippen LogP contribution in [0.5, 0.6) is 0 Å². The van der Waals surface area contributed by atoms with E-state index in [4.69, 9.17) is 17.4 Å². The third-order valence-electron chi connectivity index (χ3n) is 2.40. The van der Waals surface area contributed by atoms with Gasteiger partial charge in [-0.3, -0.25) is 15.5 Å². The van der Waals surface area contributed by atoms with E-state index < -0.39 is 10.0 Å². The van der Waals surface area contributed by atoms with Crippen molar-refractivity contribution in [3.05, 3.63) is 46.2 Å². The maximum absolute atomic E-state index is 12.3. The summed E-state index contributed by atoms with van der Waals surface area (Å²) >= 11 is 9.08. The summed E-state index contributed by atoms with van der Waals surface area (Å²) in [7, 11) is -3.80. The summed E-state index contributed by atoms with van der Waals surface area (Å²) in [5.74, 6) is 5.29. The molecule has 0 amide bonds.